The molecule has 1 aliphatic heterocycles. The first kappa shape index (κ1) is 21.6. The maximum Gasteiger partial charge on any atom is 0.309 e. The summed E-state index contributed by atoms with van der Waals surface area (Å²) < 4.78 is 11.5. The summed E-state index contributed by atoms with van der Waals surface area (Å²) in [6.07, 6.45) is 12.4. The van der Waals surface area contributed by atoms with Crippen LogP contribution in [0, 0.1) is 23.2 Å². The molecule has 1 aromatic rings. The minimum atomic E-state index is -0.674. The maximum atomic E-state index is 11.6. The van der Waals surface area contributed by atoms with Crippen LogP contribution in [0.3, 0.4) is 0 Å². The molecule has 31 heavy (non-hydrogen) atoms. The number of hydrogen-bond donors (Lipinski definition) is 1. The fraction of sp³-hybridized carbons (Fsp3) is 0.640. The van der Waals surface area contributed by atoms with E-state index < -0.39 is 12.2 Å². The minimum Gasteiger partial charge on any atom is -0.493 e. The number of esters is 1. The number of halogens is 2. The third-order valence-electron chi connectivity index (χ3n) is 7.78. The van der Waals surface area contributed by atoms with Gasteiger partial charge in [0.05, 0.1) is 24.2 Å². The van der Waals surface area contributed by atoms with E-state index in [2.05, 4.69) is 0 Å². The fourth-order valence-electron chi connectivity index (χ4n) is 6.95. The zero-order valence-corrected chi connectivity index (χ0v) is 19.2. The van der Waals surface area contributed by atoms with Crippen LogP contribution in [0.2, 0.25) is 10.0 Å². The van der Waals surface area contributed by atoms with Crippen molar-refractivity contribution in [2.24, 2.45) is 23.2 Å². The van der Waals surface area contributed by atoms with Crippen LogP contribution in [0.1, 0.15) is 63.4 Å². The summed E-state index contributed by atoms with van der Waals surface area (Å²) in [6.45, 7) is 0.654. The molecule has 1 aromatic carbocycles. The molecule has 5 aliphatic rings. The number of hydrogen-bond acceptors (Lipinski definition) is 4. The first-order valence-electron chi connectivity index (χ1n) is 11.5. The Labute approximate surface area is 193 Å². The molecule has 0 amide bonds. The zero-order chi connectivity index (χ0) is 21.6. The average Bonchev–Trinajstić information content (AvgIpc) is 2.65. The Kier molecular flexibility index (Phi) is 6.00. The van der Waals surface area contributed by atoms with E-state index in [0.29, 0.717) is 34.2 Å². The van der Waals surface area contributed by atoms with E-state index in [1.54, 1.807) is 18.2 Å². The molecule has 6 heteroatoms. The fourth-order valence-corrected chi connectivity index (χ4v) is 7.48. The summed E-state index contributed by atoms with van der Waals surface area (Å²) in [4.78, 5) is 11.6. The third-order valence-corrected chi connectivity index (χ3v) is 8.31. The summed E-state index contributed by atoms with van der Waals surface area (Å²) in [7, 11) is 0. The number of aliphatic hydroxyl groups is 1. The van der Waals surface area contributed by atoms with Crippen molar-refractivity contribution in [3.63, 3.8) is 0 Å². The molecule has 1 saturated heterocycles. The van der Waals surface area contributed by atoms with Gasteiger partial charge in [-0.3, -0.25) is 4.79 Å². The summed E-state index contributed by atoms with van der Waals surface area (Å²) in [5.41, 5.74) is 1.19. The van der Waals surface area contributed by atoms with E-state index in [0.717, 1.165) is 29.7 Å². The lowest BCUT2D eigenvalue weighted by Gasteiger charge is -2.57. The summed E-state index contributed by atoms with van der Waals surface area (Å²) >= 11 is 12.7. The Balaban J connectivity index is 1.27. The van der Waals surface area contributed by atoms with Crippen LogP contribution in [0.5, 0.6) is 5.75 Å². The zero-order valence-electron chi connectivity index (χ0n) is 17.7. The SMILES string of the molecule is O=C1C[C@H](O)C[C@@H](/C=C/c2c(Cl)cc(Cl)cc2OCCC23CC4CC(CC(C4)C2)C3)O1. The van der Waals surface area contributed by atoms with E-state index in [1.807, 2.05) is 6.08 Å². The normalized spacial score (nSPS) is 36.7. The van der Waals surface area contributed by atoms with Crippen LogP contribution in [0.4, 0.5) is 0 Å². The Hall–Kier alpha value is -1.23. The van der Waals surface area contributed by atoms with Gasteiger partial charge in [0, 0.05) is 17.0 Å². The second kappa shape index (κ2) is 8.61. The standard InChI is InChI=1S/C25H30Cl2O4/c26-18-8-22(27)21(2-1-20-10-19(28)11-24(29)31-20)23(9-18)30-4-3-25-12-15-5-16(13-25)7-17(6-15)14-25/h1-2,8-9,15-17,19-20,28H,3-7,10-14H2/b2-1+/t15?,16?,17?,19-,20-,25?/m1/s1. The van der Waals surface area contributed by atoms with Gasteiger partial charge in [0.25, 0.3) is 0 Å². The number of benzene rings is 1. The molecule has 6 rings (SSSR count). The highest BCUT2D eigenvalue weighted by Crippen LogP contribution is 2.61. The van der Waals surface area contributed by atoms with Gasteiger partial charge in [-0.05, 0) is 86.3 Å². The summed E-state index contributed by atoms with van der Waals surface area (Å²) in [5.74, 6) is 3.06. The first-order chi connectivity index (χ1) is 14.9. The molecular formula is C25H30Cl2O4. The molecule has 4 saturated carbocycles. The van der Waals surface area contributed by atoms with E-state index in [4.69, 9.17) is 32.7 Å². The first-order valence-corrected chi connectivity index (χ1v) is 12.3. The quantitative estimate of drug-likeness (QED) is 0.519. The molecule has 5 fully saturated rings. The number of ether oxygens (including phenoxy) is 2. The van der Waals surface area contributed by atoms with Crippen molar-refractivity contribution in [3.8, 4) is 5.75 Å². The highest BCUT2D eigenvalue weighted by molar-refractivity contribution is 6.35. The maximum absolute atomic E-state index is 11.6. The van der Waals surface area contributed by atoms with Crippen LogP contribution in [-0.2, 0) is 9.53 Å². The Morgan fingerprint density at radius 1 is 1.10 bits per heavy atom. The van der Waals surface area contributed by atoms with Crippen LogP contribution < -0.4 is 4.74 Å². The lowest BCUT2D eigenvalue weighted by atomic mass is 9.49. The number of aliphatic hydroxyl groups excluding tert-OH is 1. The number of carbonyl (C=O) groups excluding carboxylic acids is 1. The lowest BCUT2D eigenvalue weighted by molar-refractivity contribution is -0.156. The molecule has 1 heterocycles. The second-order valence-electron chi connectivity index (χ2n) is 10.3. The Morgan fingerprint density at radius 2 is 1.77 bits per heavy atom. The van der Waals surface area contributed by atoms with Crippen molar-refractivity contribution in [2.75, 3.05) is 6.61 Å². The van der Waals surface area contributed by atoms with Gasteiger partial charge in [0.15, 0.2) is 0 Å². The van der Waals surface area contributed by atoms with Gasteiger partial charge in [0.2, 0.25) is 0 Å². The van der Waals surface area contributed by atoms with Crippen LogP contribution in [0.25, 0.3) is 6.08 Å². The average molecular weight is 465 g/mol. The second-order valence-corrected chi connectivity index (χ2v) is 11.1. The summed E-state index contributed by atoms with van der Waals surface area (Å²) in [5, 5.41) is 10.9. The van der Waals surface area contributed by atoms with Gasteiger partial charge in [-0.2, -0.15) is 0 Å². The van der Waals surface area contributed by atoms with Crippen molar-refractivity contribution in [3.05, 3.63) is 33.8 Å². The number of rotatable bonds is 6. The molecule has 168 valence electrons. The van der Waals surface area contributed by atoms with Crippen LogP contribution in [0.15, 0.2) is 18.2 Å². The smallest absolute Gasteiger partial charge is 0.309 e. The van der Waals surface area contributed by atoms with Gasteiger partial charge < -0.3 is 14.6 Å². The Bertz CT molecular complexity index is 845. The van der Waals surface area contributed by atoms with Crippen molar-refractivity contribution < 1.29 is 19.4 Å². The highest BCUT2D eigenvalue weighted by atomic mass is 35.5. The van der Waals surface area contributed by atoms with Crippen molar-refractivity contribution in [2.45, 2.75) is 70.0 Å². The van der Waals surface area contributed by atoms with E-state index in [-0.39, 0.29) is 12.4 Å². The lowest BCUT2D eigenvalue weighted by Crippen LogP contribution is -2.46. The molecule has 4 aliphatic carbocycles. The predicted molar refractivity (Wildman–Crippen MR) is 121 cm³/mol. The third kappa shape index (κ3) is 4.77. The largest absolute Gasteiger partial charge is 0.493 e. The van der Waals surface area contributed by atoms with Gasteiger partial charge >= 0.3 is 5.97 Å². The molecule has 0 aromatic heterocycles. The molecule has 0 unspecified atom stereocenters. The molecule has 4 bridgehead atoms. The topological polar surface area (TPSA) is 55.8 Å². The number of carbonyl (C=O) groups is 1. The minimum absolute atomic E-state index is 0.0464. The van der Waals surface area contributed by atoms with E-state index in [1.165, 1.54) is 38.5 Å². The van der Waals surface area contributed by atoms with Crippen LogP contribution >= 0.6 is 23.2 Å². The van der Waals surface area contributed by atoms with Crippen molar-refractivity contribution >= 4 is 35.2 Å². The predicted octanol–water partition coefficient (Wildman–Crippen LogP) is 6.06. The van der Waals surface area contributed by atoms with E-state index in [9.17, 15) is 9.90 Å². The molecule has 2 atom stereocenters. The van der Waals surface area contributed by atoms with Crippen LogP contribution in [-0.4, -0.2) is 29.9 Å². The molecule has 0 spiro atoms. The molecule has 0 radical (unpaired) electrons. The van der Waals surface area contributed by atoms with E-state index >= 15 is 0 Å². The van der Waals surface area contributed by atoms with Crippen molar-refractivity contribution in [1.82, 2.24) is 0 Å². The monoisotopic (exact) mass is 464 g/mol. The van der Waals surface area contributed by atoms with Gasteiger partial charge in [-0.1, -0.05) is 29.3 Å². The molecule has 1 N–H and O–H groups in total. The highest BCUT2D eigenvalue weighted by Gasteiger charge is 2.50. The van der Waals surface area contributed by atoms with Gasteiger partial charge in [-0.25, -0.2) is 0 Å². The van der Waals surface area contributed by atoms with Gasteiger partial charge in [-0.15, -0.1) is 0 Å². The number of cyclic esters (lactones) is 1. The van der Waals surface area contributed by atoms with Crippen molar-refractivity contribution in [1.29, 1.82) is 0 Å². The molecule has 4 nitrogen and oxygen atoms in total. The summed E-state index contributed by atoms with van der Waals surface area (Å²) in [6, 6.07) is 3.49. The Morgan fingerprint density at radius 3 is 2.42 bits per heavy atom. The van der Waals surface area contributed by atoms with Gasteiger partial charge in [0.1, 0.15) is 11.9 Å². The molecular weight excluding hydrogens is 435 g/mol.